The minimum absolute atomic E-state index is 0.147. The zero-order chi connectivity index (χ0) is 13.8. The zero-order valence-corrected chi connectivity index (χ0v) is 11.3. The van der Waals surface area contributed by atoms with Crippen molar-refractivity contribution in [2.75, 3.05) is 19.8 Å². The van der Waals surface area contributed by atoms with E-state index in [0.717, 1.165) is 18.0 Å². The first-order valence-electron chi connectivity index (χ1n) is 6.04. The van der Waals surface area contributed by atoms with Crippen molar-refractivity contribution in [2.24, 2.45) is 5.92 Å². The van der Waals surface area contributed by atoms with Crippen molar-refractivity contribution in [3.8, 4) is 0 Å². The maximum Gasteiger partial charge on any atom is 0.311 e. The predicted octanol–water partition coefficient (Wildman–Crippen LogP) is 0.490. The van der Waals surface area contributed by atoms with Gasteiger partial charge in [0, 0.05) is 6.54 Å². The summed E-state index contributed by atoms with van der Waals surface area (Å²) in [5, 5.41) is 12.8. The highest BCUT2D eigenvalue weighted by Crippen LogP contribution is 2.23. The van der Waals surface area contributed by atoms with E-state index in [-0.39, 0.29) is 19.1 Å². The smallest absolute Gasteiger partial charge is 0.311 e. The summed E-state index contributed by atoms with van der Waals surface area (Å²) >= 11 is 1.01. The molecule has 2 atom stereocenters. The Morgan fingerprint density at radius 1 is 1.58 bits per heavy atom. The number of nitrogens with zero attached hydrogens (tertiary/aromatic N) is 3. The second-order valence-corrected chi connectivity index (χ2v) is 5.12. The van der Waals surface area contributed by atoms with Crippen LogP contribution in [0.3, 0.4) is 0 Å². The third kappa shape index (κ3) is 2.90. The molecule has 1 amide bonds. The normalized spacial score (nSPS) is 22.4. The first-order valence-corrected chi connectivity index (χ1v) is 6.81. The van der Waals surface area contributed by atoms with Crippen molar-refractivity contribution in [3.63, 3.8) is 0 Å². The Hall–Kier alpha value is -1.54. The van der Waals surface area contributed by atoms with Gasteiger partial charge < -0.3 is 14.7 Å². The van der Waals surface area contributed by atoms with Gasteiger partial charge in [-0.2, -0.15) is 0 Å². The third-order valence-corrected chi connectivity index (χ3v) is 3.72. The molecule has 0 saturated carbocycles. The highest BCUT2D eigenvalue weighted by molar-refractivity contribution is 7.07. The summed E-state index contributed by atoms with van der Waals surface area (Å²) in [5.74, 6) is -1.83. The molecule has 1 fully saturated rings. The number of aliphatic carboxylic acids is 1. The molecule has 2 rings (SSSR count). The van der Waals surface area contributed by atoms with Crippen LogP contribution in [0.25, 0.3) is 0 Å². The van der Waals surface area contributed by atoms with E-state index in [1.165, 1.54) is 6.20 Å². The molecule has 19 heavy (non-hydrogen) atoms. The van der Waals surface area contributed by atoms with Crippen LogP contribution >= 0.6 is 11.5 Å². The maximum absolute atomic E-state index is 12.4. The number of amides is 1. The van der Waals surface area contributed by atoms with Crippen LogP contribution in [0.2, 0.25) is 0 Å². The molecule has 1 aliphatic rings. The number of carbonyl (C=O) groups excluding carboxylic acids is 1. The summed E-state index contributed by atoms with van der Waals surface area (Å²) in [6, 6.07) is -0.424. The van der Waals surface area contributed by atoms with Gasteiger partial charge in [-0.3, -0.25) is 9.59 Å². The molecule has 2 heterocycles. The first-order chi connectivity index (χ1) is 9.15. The van der Waals surface area contributed by atoms with Crippen LogP contribution in [0, 0.1) is 5.92 Å². The topological polar surface area (TPSA) is 92.6 Å². The molecule has 2 unspecified atom stereocenters. The molecule has 1 aromatic rings. The molecule has 0 radical (unpaired) electrons. The minimum atomic E-state index is -0.932. The van der Waals surface area contributed by atoms with Gasteiger partial charge in [-0.15, -0.1) is 5.10 Å². The van der Waals surface area contributed by atoms with Crippen LogP contribution in [0.15, 0.2) is 6.20 Å². The van der Waals surface area contributed by atoms with Crippen molar-refractivity contribution < 1.29 is 19.4 Å². The van der Waals surface area contributed by atoms with Crippen molar-refractivity contribution in [1.82, 2.24) is 14.5 Å². The lowest BCUT2D eigenvalue weighted by Gasteiger charge is -2.29. The van der Waals surface area contributed by atoms with Crippen molar-refractivity contribution in [2.45, 2.75) is 19.4 Å². The molecule has 7 nitrogen and oxygen atoms in total. The molecule has 0 aliphatic carbocycles. The van der Waals surface area contributed by atoms with Crippen LogP contribution in [0.4, 0.5) is 0 Å². The SMILES string of the molecule is CCCN(C(=O)c1cnns1)C1COCC1C(=O)O. The van der Waals surface area contributed by atoms with Gasteiger partial charge in [0.25, 0.3) is 5.91 Å². The molecular formula is C11H15N3O4S. The molecule has 1 aliphatic heterocycles. The zero-order valence-electron chi connectivity index (χ0n) is 10.5. The van der Waals surface area contributed by atoms with Crippen LogP contribution in [-0.2, 0) is 9.53 Å². The monoisotopic (exact) mass is 285 g/mol. The van der Waals surface area contributed by atoms with Crippen LogP contribution in [0.1, 0.15) is 23.0 Å². The Kier molecular flexibility index (Phi) is 4.43. The van der Waals surface area contributed by atoms with E-state index in [2.05, 4.69) is 9.59 Å². The number of carboxylic acids is 1. The van der Waals surface area contributed by atoms with E-state index >= 15 is 0 Å². The van der Waals surface area contributed by atoms with E-state index < -0.39 is 17.9 Å². The second-order valence-electron chi connectivity index (χ2n) is 4.33. The van der Waals surface area contributed by atoms with Gasteiger partial charge in [0.05, 0.1) is 25.5 Å². The van der Waals surface area contributed by atoms with Gasteiger partial charge >= 0.3 is 5.97 Å². The molecule has 104 valence electrons. The maximum atomic E-state index is 12.4. The summed E-state index contributed by atoms with van der Waals surface area (Å²) in [6.07, 6.45) is 2.15. The highest BCUT2D eigenvalue weighted by atomic mass is 32.1. The number of aromatic nitrogens is 2. The number of hydrogen-bond acceptors (Lipinski definition) is 6. The lowest BCUT2D eigenvalue weighted by Crippen LogP contribution is -2.46. The lowest BCUT2D eigenvalue weighted by atomic mass is 10.0. The fourth-order valence-electron chi connectivity index (χ4n) is 2.15. The molecule has 8 heteroatoms. The number of ether oxygens (including phenoxy) is 1. The van der Waals surface area contributed by atoms with Gasteiger partial charge in [0.1, 0.15) is 10.8 Å². The summed E-state index contributed by atoms with van der Waals surface area (Å²) in [7, 11) is 0. The Morgan fingerprint density at radius 2 is 2.37 bits per heavy atom. The average Bonchev–Trinajstić information content (AvgIpc) is 3.05. The van der Waals surface area contributed by atoms with Crippen molar-refractivity contribution in [3.05, 3.63) is 11.1 Å². The fraction of sp³-hybridized carbons (Fsp3) is 0.636. The molecule has 0 spiro atoms. The van der Waals surface area contributed by atoms with Gasteiger partial charge in [-0.05, 0) is 18.0 Å². The lowest BCUT2D eigenvalue weighted by molar-refractivity contribution is -0.142. The van der Waals surface area contributed by atoms with E-state index in [1.807, 2.05) is 6.92 Å². The van der Waals surface area contributed by atoms with E-state index in [0.29, 0.717) is 11.4 Å². The highest BCUT2D eigenvalue weighted by Gasteiger charge is 2.40. The Morgan fingerprint density at radius 3 is 2.95 bits per heavy atom. The Labute approximate surface area is 114 Å². The number of hydrogen-bond donors (Lipinski definition) is 1. The van der Waals surface area contributed by atoms with E-state index in [1.54, 1.807) is 4.90 Å². The second kappa shape index (κ2) is 6.07. The van der Waals surface area contributed by atoms with Gasteiger partial charge in [0.2, 0.25) is 0 Å². The summed E-state index contributed by atoms with van der Waals surface area (Å²) in [6.45, 7) is 2.84. The minimum Gasteiger partial charge on any atom is -0.481 e. The Balaban J connectivity index is 2.20. The van der Waals surface area contributed by atoms with Crippen molar-refractivity contribution in [1.29, 1.82) is 0 Å². The van der Waals surface area contributed by atoms with Crippen LogP contribution < -0.4 is 0 Å². The van der Waals surface area contributed by atoms with Crippen LogP contribution in [0.5, 0.6) is 0 Å². The molecular weight excluding hydrogens is 270 g/mol. The largest absolute Gasteiger partial charge is 0.481 e. The molecule has 1 N–H and O–H groups in total. The predicted molar refractivity (Wildman–Crippen MR) is 67.0 cm³/mol. The number of carboxylic acid groups (broad SMARTS) is 1. The number of carbonyl (C=O) groups is 2. The number of rotatable bonds is 5. The summed E-state index contributed by atoms with van der Waals surface area (Å²) in [4.78, 5) is 25.5. The third-order valence-electron chi connectivity index (χ3n) is 3.07. The molecule has 1 saturated heterocycles. The standard InChI is InChI=1S/C11H15N3O4S/c1-2-3-14(10(15)9-4-12-13-19-9)8-6-18-5-7(8)11(16)17/h4,7-8H,2-3,5-6H2,1H3,(H,16,17). The van der Waals surface area contributed by atoms with Gasteiger partial charge in [0.15, 0.2) is 0 Å². The van der Waals surface area contributed by atoms with Gasteiger partial charge in [-0.25, -0.2) is 0 Å². The molecule has 1 aromatic heterocycles. The van der Waals surface area contributed by atoms with Crippen LogP contribution in [-0.4, -0.2) is 57.3 Å². The molecule has 0 aromatic carbocycles. The van der Waals surface area contributed by atoms with Crippen molar-refractivity contribution >= 4 is 23.4 Å². The molecule has 0 bridgehead atoms. The Bertz CT molecular complexity index is 451. The summed E-state index contributed by atoms with van der Waals surface area (Å²) < 4.78 is 8.89. The van der Waals surface area contributed by atoms with Gasteiger partial charge in [-0.1, -0.05) is 11.4 Å². The van der Waals surface area contributed by atoms with E-state index in [9.17, 15) is 14.7 Å². The van der Waals surface area contributed by atoms with E-state index in [4.69, 9.17) is 4.74 Å². The summed E-state index contributed by atoms with van der Waals surface area (Å²) in [5.41, 5.74) is 0. The quantitative estimate of drug-likeness (QED) is 0.846. The average molecular weight is 285 g/mol. The first kappa shape index (κ1) is 13.9. The fourth-order valence-corrected chi connectivity index (χ4v) is 2.62.